The van der Waals surface area contributed by atoms with Gasteiger partial charge in [-0.05, 0) is 32.1 Å². The van der Waals surface area contributed by atoms with Gasteiger partial charge in [0.25, 0.3) is 0 Å². The second kappa shape index (κ2) is 3.58. The Hall–Kier alpha value is -0.340. The van der Waals surface area contributed by atoms with Gasteiger partial charge >= 0.3 is 0 Å². The zero-order valence-electron chi connectivity index (χ0n) is 7.46. The molecule has 0 aromatic carbocycles. The molecule has 1 heterocycles. The molecule has 12 heavy (non-hydrogen) atoms. The molecular weight excluding hydrogens is 150 g/mol. The summed E-state index contributed by atoms with van der Waals surface area (Å²) in [6.45, 7) is 0.945. The number of rotatable bonds is 1. The van der Waals surface area contributed by atoms with Crippen molar-refractivity contribution < 1.29 is 4.74 Å². The smallest absolute Gasteiger partial charge is 0.0759 e. The van der Waals surface area contributed by atoms with Gasteiger partial charge in [-0.3, -0.25) is 0 Å². The van der Waals surface area contributed by atoms with Gasteiger partial charge in [0, 0.05) is 12.6 Å². The Morgan fingerprint density at radius 1 is 1.42 bits per heavy atom. The van der Waals surface area contributed by atoms with E-state index in [0.29, 0.717) is 12.1 Å². The molecule has 2 rings (SSSR count). The molecule has 2 N–H and O–H groups in total. The molecule has 2 nitrogen and oxygen atoms in total. The molecule has 2 unspecified atom stereocenters. The standard InChI is InChI=1S/C10H17NO/c11-9-4-3-8(6-9)7-10-2-1-5-12-10/h7,9-10H,1-6,11H2. The summed E-state index contributed by atoms with van der Waals surface area (Å²) in [6.07, 6.45) is 8.60. The van der Waals surface area contributed by atoms with E-state index < -0.39 is 0 Å². The second-order valence-corrected chi connectivity index (χ2v) is 3.88. The highest BCUT2D eigenvalue weighted by Gasteiger charge is 2.18. The predicted octanol–water partition coefficient (Wildman–Crippen LogP) is 1.60. The number of hydrogen-bond donors (Lipinski definition) is 1. The summed E-state index contributed by atoms with van der Waals surface area (Å²) in [4.78, 5) is 0. The molecule has 0 bridgehead atoms. The Labute approximate surface area is 73.8 Å². The minimum Gasteiger partial charge on any atom is -0.374 e. The molecule has 2 fully saturated rings. The van der Waals surface area contributed by atoms with Crippen LogP contribution in [0.4, 0.5) is 0 Å². The van der Waals surface area contributed by atoms with E-state index in [1.807, 2.05) is 0 Å². The zero-order chi connectivity index (χ0) is 8.39. The fourth-order valence-corrected chi connectivity index (χ4v) is 2.06. The molecule has 0 radical (unpaired) electrons. The molecule has 2 aliphatic rings. The first-order chi connectivity index (χ1) is 5.84. The lowest BCUT2D eigenvalue weighted by molar-refractivity contribution is 0.145. The van der Waals surface area contributed by atoms with Crippen molar-refractivity contribution >= 4 is 0 Å². The van der Waals surface area contributed by atoms with E-state index in [-0.39, 0.29) is 0 Å². The third-order valence-electron chi connectivity index (χ3n) is 2.75. The van der Waals surface area contributed by atoms with E-state index in [1.165, 1.54) is 31.3 Å². The third kappa shape index (κ3) is 1.87. The van der Waals surface area contributed by atoms with Crippen LogP contribution < -0.4 is 5.73 Å². The van der Waals surface area contributed by atoms with Gasteiger partial charge in [-0.2, -0.15) is 0 Å². The Morgan fingerprint density at radius 3 is 2.92 bits per heavy atom. The minimum absolute atomic E-state index is 0.408. The summed E-state index contributed by atoms with van der Waals surface area (Å²) in [6, 6.07) is 0.414. The number of nitrogens with two attached hydrogens (primary N) is 1. The quantitative estimate of drug-likeness (QED) is 0.602. The van der Waals surface area contributed by atoms with E-state index in [0.717, 1.165) is 13.0 Å². The maximum absolute atomic E-state index is 5.82. The number of hydrogen-bond acceptors (Lipinski definition) is 2. The van der Waals surface area contributed by atoms with Crippen molar-refractivity contribution in [3.63, 3.8) is 0 Å². The van der Waals surface area contributed by atoms with Gasteiger partial charge in [0.15, 0.2) is 0 Å². The molecule has 2 heteroatoms. The largest absolute Gasteiger partial charge is 0.374 e. The number of ether oxygens (including phenoxy) is 1. The SMILES string of the molecule is NC1CCC(=CC2CCCO2)C1. The van der Waals surface area contributed by atoms with E-state index >= 15 is 0 Å². The molecule has 1 aliphatic carbocycles. The van der Waals surface area contributed by atoms with Crippen LogP contribution in [0.1, 0.15) is 32.1 Å². The first kappa shape index (κ1) is 8.27. The average Bonchev–Trinajstić information content (AvgIpc) is 2.63. The molecule has 68 valence electrons. The van der Waals surface area contributed by atoms with Gasteiger partial charge in [0.2, 0.25) is 0 Å². The Bertz CT molecular complexity index is 182. The van der Waals surface area contributed by atoms with Gasteiger partial charge in [0.05, 0.1) is 6.10 Å². The van der Waals surface area contributed by atoms with Gasteiger partial charge in [0.1, 0.15) is 0 Å². The van der Waals surface area contributed by atoms with Crippen molar-refractivity contribution in [2.75, 3.05) is 6.61 Å². The molecule has 0 aromatic rings. The maximum atomic E-state index is 5.82. The third-order valence-corrected chi connectivity index (χ3v) is 2.75. The maximum Gasteiger partial charge on any atom is 0.0759 e. The first-order valence-corrected chi connectivity index (χ1v) is 4.91. The monoisotopic (exact) mass is 167 g/mol. The molecule has 1 aliphatic heterocycles. The zero-order valence-corrected chi connectivity index (χ0v) is 7.46. The van der Waals surface area contributed by atoms with Crippen molar-refractivity contribution in [1.29, 1.82) is 0 Å². The summed E-state index contributed by atoms with van der Waals surface area (Å²) >= 11 is 0. The van der Waals surface area contributed by atoms with Crippen LogP contribution in [0.15, 0.2) is 11.6 Å². The Kier molecular flexibility index (Phi) is 2.47. The summed E-state index contributed by atoms with van der Waals surface area (Å²) in [5.74, 6) is 0. The Balaban J connectivity index is 1.90. The van der Waals surface area contributed by atoms with E-state index in [2.05, 4.69) is 6.08 Å². The van der Waals surface area contributed by atoms with Gasteiger partial charge in [-0.25, -0.2) is 0 Å². The highest BCUT2D eigenvalue weighted by atomic mass is 16.5. The lowest BCUT2D eigenvalue weighted by Crippen LogP contribution is -2.13. The Morgan fingerprint density at radius 2 is 2.33 bits per heavy atom. The molecule has 2 atom stereocenters. The van der Waals surface area contributed by atoms with Gasteiger partial charge < -0.3 is 10.5 Å². The molecule has 0 spiro atoms. The molecule has 1 saturated carbocycles. The van der Waals surface area contributed by atoms with E-state index in [1.54, 1.807) is 0 Å². The summed E-state index contributed by atoms with van der Waals surface area (Å²) in [5, 5.41) is 0. The van der Waals surface area contributed by atoms with Gasteiger partial charge in [-0.15, -0.1) is 0 Å². The summed E-state index contributed by atoms with van der Waals surface area (Å²) in [5.41, 5.74) is 7.34. The summed E-state index contributed by atoms with van der Waals surface area (Å²) < 4.78 is 5.53. The fourth-order valence-electron chi connectivity index (χ4n) is 2.06. The highest BCUT2D eigenvalue weighted by molar-refractivity contribution is 5.12. The van der Waals surface area contributed by atoms with E-state index in [9.17, 15) is 0 Å². The van der Waals surface area contributed by atoms with Crippen LogP contribution in [0.25, 0.3) is 0 Å². The van der Waals surface area contributed by atoms with Crippen LogP contribution in [-0.4, -0.2) is 18.8 Å². The van der Waals surface area contributed by atoms with E-state index in [4.69, 9.17) is 10.5 Å². The van der Waals surface area contributed by atoms with Crippen LogP contribution in [0.2, 0.25) is 0 Å². The normalized spacial score (nSPS) is 39.6. The van der Waals surface area contributed by atoms with Crippen LogP contribution in [0.5, 0.6) is 0 Å². The average molecular weight is 167 g/mol. The first-order valence-electron chi connectivity index (χ1n) is 4.91. The lowest BCUT2D eigenvalue weighted by Gasteiger charge is -2.04. The van der Waals surface area contributed by atoms with Crippen molar-refractivity contribution in [3.05, 3.63) is 11.6 Å². The summed E-state index contributed by atoms with van der Waals surface area (Å²) in [7, 11) is 0. The molecular formula is C10H17NO. The van der Waals surface area contributed by atoms with Crippen LogP contribution >= 0.6 is 0 Å². The van der Waals surface area contributed by atoms with Crippen molar-refractivity contribution in [2.24, 2.45) is 5.73 Å². The van der Waals surface area contributed by atoms with Crippen molar-refractivity contribution in [1.82, 2.24) is 0 Å². The van der Waals surface area contributed by atoms with Crippen LogP contribution in [-0.2, 0) is 4.74 Å². The lowest BCUT2D eigenvalue weighted by atomic mass is 10.1. The fraction of sp³-hybridized carbons (Fsp3) is 0.800. The minimum atomic E-state index is 0.408. The highest BCUT2D eigenvalue weighted by Crippen LogP contribution is 2.25. The van der Waals surface area contributed by atoms with Crippen molar-refractivity contribution in [3.8, 4) is 0 Å². The van der Waals surface area contributed by atoms with Gasteiger partial charge in [-0.1, -0.05) is 11.6 Å². The molecule has 1 saturated heterocycles. The van der Waals surface area contributed by atoms with Crippen LogP contribution in [0, 0.1) is 0 Å². The van der Waals surface area contributed by atoms with Crippen molar-refractivity contribution in [2.45, 2.75) is 44.2 Å². The van der Waals surface area contributed by atoms with Crippen LogP contribution in [0.3, 0.4) is 0 Å². The predicted molar refractivity (Wildman–Crippen MR) is 48.9 cm³/mol. The molecule has 0 aromatic heterocycles. The topological polar surface area (TPSA) is 35.2 Å². The second-order valence-electron chi connectivity index (χ2n) is 3.88. The molecule has 0 amide bonds.